The Morgan fingerprint density at radius 3 is 1.87 bits per heavy atom. The van der Waals surface area contributed by atoms with Crippen LogP contribution in [0, 0.1) is 0 Å². The second-order valence-corrected chi connectivity index (χ2v) is 15.3. The summed E-state index contributed by atoms with van der Waals surface area (Å²) in [6.45, 7) is 22.2. The molecule has 2 aliphatic heterocycles. The van der Waals surface area contributed by atoms with Gasteiger partial charge >= 0.3 is 6.03 Å². The zero-order chi connectivity index (χ0) is 33.6. The molecule has 1 saturated heterocycles. The van der Waals surface area contributed by atoms with Gasteiger partial charge in [0.2, 0.25) is 0 Å². The lowest BCUT2D eigenvalue weighted by atomic mass is 9.71. The number of carbonyl (C=O) groups excluding carboxylic acids is 1. The minimum Gasteiger partial charge on any atom is -0.490 e. The van der Waals surface area contributed by atoms with Crippen LogP contribution in [0.1, 0.15) is 84.6 Å². The zero-order valence-electron chi connectivity index (χ0n) is 28.7. The number of urea groups is 1. The number of amides is 2. The molecule has 0 radical (unpaired) electrons. The maximum Gasteiger partial charge on any atom is 0.326 e. The molecule has 0 aliphatic carbocycles. The Balaban J connectivity index is 1.77. The topological polar surface area (TPSA) is 48.4 Å². The van der Waals surface area contributed by atoms with E-state index >= 15 is 4.79 Å². The first-order valence-electron chi connectivity index (χ1n) is 16.3. The molecule has 46 heavy (non-hydrogen) atoms. The third kappa shape index (κ3) is 6.28. The predicted octanol–water partition coefficient (Wildman–Crippen LogP) is 9.12. The van der Waals surface area contributed by atoms with Crippen LogP contribution in [-0.4, -0.2) is 64.9 Å². The molecule has 2 aliphatic rings. The number of hydrogen-bond acceptors (Lipinski definition) is 4. The lowest BCUT2D eigenvalue weighted by Crippen LogP contribution is -2.61. The molecule has 0 spiro atoms. The van der Waals surface area contributed by atoms with Gasteiger partial charge in [0, 0.05) is 42.3 Å². The van der Waals surface area contributed by atoms with Crippen molar-refractivity contribution in [1.82, 2.24) is 14.7 Å². The number of nitrogens with zero attached hydrogens (tertiary/aromatic N) is 4. The second kappa shape index (κ2) is 12.9. The number of piperazine rings is 1. The maximum absolute atomic E-state index is 15.1. The van der Waals surface area contributed by atoms with E-state index in [1.54, 1.807) is 0 Å². The molecule has 0 N–H and O–H groups in total. The van der Waals surface area contributed by atoms with Gasteiger partial charge in [0.1, 0.15) is 22.7 Å². The van der Waals surface area contributed by atoms with Crippen LogP contribution >= 0.6 is 23.2 Å². The van der Waals surface area contributed by atoms with Gasteiger partial charge in [-0.05, 0) is 100 Å². The van der Waals surface area contributed by atoms with E-state index in [1.807, 2.05) is 72.2 Å². The highest BCUT2D eigenvalue weighted by Gasteiger charge is 2.60. The predicted molar refractivity (Wildman–Crippen MR) is 191 cm³/mol. The SMILES string of the molecule is CC(C)Oc1cc(C(C)(C)C)ccc1C1=NC(C)(c2ccc(Cl)cc2)C(C)(c2ccc(Cl)cc2)N1C(=O)N1CCN(C(C)C)CC1. The molecule has 2 heterocycles. The van der Waals surface area contributed by atoms with E-state index < -0.39 is 11.1 Å². The van der Waals surface area contributed by atoms with E-state index in [0.717, 1.165) is 35.3 Å². The Morgan fingerprint density at radius 1 is 0.826 bits per heavy atom. The summed E-state index contributed by atoms with van der Waals surface area (Å²) in [5.41, 5.74) is 1.89. The van der Waals surface area contributed by atoms with Crippen LogP contribution in [0.3, 0.4) is 0 Å². The molecular formula is C38H48Cl2N4O2. The number of amidine groups is 1. The average molecular weight is 664 g/mol. The van der Waals surface area contributed by atoms with E-state index in [0.29, 0.717) is 40.8 Å². The minimum absolute atomic E-state index is 0.0745. The molecule has 2 amide bonds. The molecule has 1 fully saturated rings. The molecule has 3 aromatic carbocycles. The van der Waals surface area contributed by atoms with Crippen LogP contribution in [-0.2, 0) is 16.5 Å². The molecular weight excluding hydrogens is 615 g/mol. The summed E-state index contributed by atoms with van der Waals surface area (Å²) >= 11 is 12.8. The number of benzene rings is 3. The van der Waals surface area contributed by atoms with Gasteiger partial charge in [0.15, 0.2) is 0 Å². The average Bonchev–Trinajstić information content (AvgIpc) is 3.24. The van der Waals surface area contributed by atoms with E-state index in [9.17, 15) is 0 Å². The molecule has 0 bridgehead atoms. The molecule has 2 atom stereocenters. The molecule has 0 saturated carbocycles. The smallest absolute Gasteiger partial charge is 0.326 e. The van der Waals surface area contributed by atoms with Crippen LogP contribution in [0.4, 0.5) is 4.79 Å². The highest BCUT2D eigenvalue weighted by molar-refractivity contribution is 6.30. The lowest BCUT2D eigenvalue weighted by molar-refractivity contribution is 0.0790. The summed E-state index contributed by atoms with van der Waals surface area (Å²) < 4.78 is 6.51. The van der Waals surface area contributed by atoms with Gasteiger partial charge in [-0.1, -0.05) is 74.3 Å². The first-order valence-corrected chi connectivity index (χ1v) is 17.1. The molecule has 6 nitrogen and oxygen atoms in total. The number of halogens is 2. The van der Waals surface area contributed by atoms with Gasteiger partial charge in [0.25, 0.3) is 0 Å². The van der Waals surface area contributed by atoms with Crippen molar-refractivity contribution in [1.29, 1.82) is 0 Å². The number of ether oxygens (including phenoxy) is 1. The van der Waals surface area contributed by atoms with Crippen LogP contribution in [0.25, 0.3) is 0 Å². The number of rotatable bonds is 6. The molecule has 0 aromatic heterocycles. The van der Waals surface area contributed by atoms with Gasteiger partial charge in [-0.15, -0.1) is 0 Å². The zero-order valence-corrected chi connectivity index (χ0v) is 30.2. The Labute approximate surface area is 285 Å². The molecule has 8 heteroatoms. The summed E-state index contributed by atoms with van der Waals surface area (Å²) in [5, 5.41) is 1.27. The summed E-state index contributed by atoms with van der Waals surface area (Å²) in [4.78, 5) is 27.0. The fourth-order valence-electron chi connectivity index (χ4n) is 6.66. The van der Waals surface area contributed by atoms with Crippen LogP contribution < -0.4 is 4.74 Å². The van der Waals surface area contributed by atoms with E-state index in [-0.39, 0.29) is 17.6 Å². The Kier molecular flexibility index (Phi) is 9.58. The third-order valence-corrected chi connectivity index (χ3v) is 10.2. The van der Waals surface area contributed by atoms with E-state index in [4.69, 9.17) is 32.9 Å². The van der Waals surface area contributed by atoms with Crippen molar-refractivity contribution in [3.63, 3.8) is 0 Å². The maximum atomic E-state index is 15.1. The van der Waals surface area contributed by atoms with Crippen molar-refractivity contribution >= 4 is 35.1 Å². The van der Waals surface area contributed by atoms with Crippen molar-refractivity contribution in [2.24, 2.45) is 4.99 Å². The largest absolute Gasteiger partial charge is 0.490 e. The van der Waals surface area contributed by atoms with Crippen molar-refractivity contribution in [2.75, 3.05) is 26.2 Å². The Hall–Kier alpha value is -3.06. The first-order chi connectivity index (χ1) is 21.6. The number of carbonyl (C=O) groups is 1. The van der Waals surface area contributed by atoms with E-state index in [2.05, 4.69) is 71.6 Å². The quantitative estimate of drug-likeness (QED) is 0.264. The van der Waals surface area contributed by atoms with Crippen LogP contribution in [0.2, 0.25) is 10.0 Å². The highest BCUT2D eigenvalue weighted by atomic mass is 35.5. The summed E-state index contributed by atoms with van der Waals surface area (Å²) in [6, 6.07) is 22.3. The third-order valence-electron chi connectivity index (χ3n) is 9.71. The summed E-state index contributed by atoms with van der Waals surface area (Å²) in [5.74, 6) is 1.30. The minimum atomic E-state index is -0.940. The second-order valence-electron chi connectivity index (χ2n) is 14.5. The first kappa shape index (κ1) is 34.3. The van der Waals surface area contributed by atoms with Gasteiger partial charge in [-0.3, -0.25) is 14.8 Å². The molecule has 246 valence electrons. The molecule has 5 rings (SSSR count). The van der Waals surface area contributed by atoms with Crippen molar-refractivity contribution in [3.05, 3.63) is 99.0 Å². The number of aliphatic imine (C=N–C) groups is 1. The van der Waals surface area contributed by atoms with Crippen molar-refractivity contribution in [3.8, 4) is 5.75 Å². The fraction of sp³-hybridized carbons (Fsp3) is 0.474. The van der Waals surface area contributed by atoms with Gasteiger partial charge in [0.05, 0.1) is 11.7 Å². The Morgan fingerprint density at radius 2 is 1.37 bits per heavy atom. The molecule has 3 aromatic rings. The van der Waals surface area contributed by atoms with Gasteiger partial charge in [-0.25, -0.2) is 4.79 Å². The van der Waals surface area contributed by atoms with Crippen LogP contribution in [0.15, 0.2) is 71.7 Å². The van der Waals surface area contributed by atoms with Gasteiger partial charge in [-0.2, -0.15) is 0 Å². The van der Waals surface area contributed by atoms with Gasteiger partial charge < -0.3 is 9.64 Å². The standard InChI is InChI=1S/C38H48Cl2N4O2/c1-25(2)42-20-22-43(23-21-42)35(45)44-34(32-19-14-29(36(5,6)7)24-33(32)46-26(3)4)41-37(8,27-10-15-30(39)16-11-27)38(44,9)28-12-17-31(40)18-13-28/h10-19,24-26H,20-23H2,1-9H3. The number of hydrogen-bond donors (Lipinski definition) is 0. The summed E-state index contributed by atoms with van der Waals surface area (Å²) in [6.07, 6.45) is -0.0745. The summed E-state index contributed by atoms with van der Waals surface area (Å²) in [7, 11) is 0. The van der Waals surface area contributed by atoms with E-state index in [1.165, 1.54) is 0 Å². The fourth-order valence-corrected chi connectivity index (χ4v) is 6.92. The molecule has 2 unspecified atom stereocenters. The Bertz CT molecular complexity index is 1590. The van der Waals surface area contributed by atoms with Crippen LogP contribution in [0.5, 0.6) is 5.75 Å². The lowest BCUT2D eigenvalue weighted by Gasteiger charge is -2.47. The van der Waals surface area contributed by atoms with Crippen molar-refractivity contribution < 1.29 is 9.53 Å². The normalized spacial score (nSPS) is 22.5. The van der Waals surface area contributed by atoms with Crippen molar-refractivity contribution in [2.45, 2.75) is 91.0 Å². The highest BCUT2D eigenvalue weighted by Crippen LogP contribution is 2.54. The monoisotopic (exact) mass is 662 g/mol.